The first-order valence-electron chi connectivity index (χ1n) is 13.7. The van der Waals surface area contributed by atoms with Gasteiger partial charge in [-0.1, -0.05) is 63.6 Å². The van der Waals surface area contributed by atoms with E-state index >= 15 is 4.39 Å². The number of hydrogen-bond donors (Lipinski definition) is 1. The van der Waals surface area contributed by atoms with E-state index in [1.807, 2.05) is 6.92 Å². The Bertz CT molecular complexity index is 1610. The zero-order valence-corrected chi connectivity index (χ0v) is 26.0. The molecule has 12 heteroatoms. The fraction of sp³-hybridized carbons (Fsp3) is 0.433. The van der Waals surface area contributed by atoms with Gasteiger partial charge >= 0.3 is 6.61 Å². The third-order valence-corrected chi connectivity index (χ3v) is 13.3. The lowest BCUT2D eigenvalue weighted by atomic mass is 9.85. The Kier molecular flexibility index (Phi) is 7.93. The average molecular weight is 619 g/mol. The summed E-state index contributed by atoms with van der Waals surface area (Å²) in [4.78, 5) is 13.7. The summed E-state index contributed by atoms with van der Waals surface area (Å²) in [5.41, 5.74) is 0.906. The Morgan fingerprint density at radius 2 is 1.81 bits per heavy atom. The van der Waals surface area contributed by atoms with Gasteiger partial charge < -0.3 is 14.3 Å². The van der Waals surface area contributed by atoms with Crippen molar-refractivity contribution in [2.24, 2.45) is 0 Å². The maximum absolute atomic E-state index is 18.1. The SMILES string of the molecule is CC(CO[Si](C)(C)C(C)(C)C)c1nccc(C2[C@H](O)c3nc4ccccc4n3[C@]2(F)c2cccc(OC(F)F)c2Cl)n1. The molecular formula is C30H34ClF3N4O3Si. The van der Waals surface area contributed by atoms with Crippen LogP contribution >= 0.6 is 11.6 Å². The van der Waals surface area contributed by atoms with Gasteiger partial charge in [-0.05, 0) is 42.4 Å². The summed E-state index contributed by atoms with van der Waals surface area (Å²) in [6, 6.07) is 12.4. The van der Waals surface area contributed by atoms with Crippen LogP contribution in [0.25, 0.3) is 11.0 Å². The van der Waals surface area contributed by atoms with Crippen LogP contribution in [-0.4, -0.2) is 46.2 Å². The molecule has 0 amide bonds. The molecule has 1 N–H and O–H groups in total. The number of imidazole rings is 1. The molecule has 0 saturated carbocycles. The molecule has 4 atom stereocenters. The molecule has 0 spiro atoms. The highest BCUT2D eigenvalue weighted by Gasteiger charge is 2.58. The number of aromatic nitrogens is 4. The summed E-state index contributed by atoms with van der Waals surface area (Å²) in [6.45, 7) is 9.92. The minimum atomic E-state index is -3.16. The van der Waals surface area contributed by atoms with Crippen molar-refractivity contribution in [1.82, 2.24) is 19.5 Å². The highest BCUT2D eigenvalue weighted by Crippen LogP contribution is 2.57. The standard InChI is InChI=1S/C30H34ClF3N4O3Si/c1-17(16-40-42(5,6)29(2,3)4)26-35-15-14-20(36-26)23-25(39)27-37-19-11-7-8-12-21(19)38(27)30(23,34)18-10-9-13-22(24(18)31)41-28(32)33/h7-15,17,23,25,28,39H,16H2,1-6H3/t17?,23?,25-,30+/m0/s1. The van der Waals surface area contributed by atoms with E-state index in [2.05, 4.69) is 48.6 Å². The van der Waals surface area contributed by atoms with Gasteiger partial charge in [0.1, 0.15) is 23.5 Å². The Balaban J connectivity index is 1.62. The predicted molar refractivity (Wildman–Crippen MR) is 157 cm³/mol. The first-order valence-corrected chi connectivity index (χ1v) is 17.0. The molecule has 7 nitrogen and oxygen atoms in total. The first kappa shape index (κ1) is 30.5. The Morgan fingerprint density at radius 3 is 2.50 bits per heavy atom. The van der Waals surface area contributed by atoms with Crippen molar-refractivity contribution in [3.63, 3.8) is 0 Å². The number of fused-ring (bicyclic) bond motifs is 3. The number of benzene rings is 2. The van der Waals surface area contributed by atoms with E-state index in [-0.39, 0.29) is 38.8 Å². The fourth-order valence-corrected chi connectivity index (χ4v) is 6.52. The molecule has 42 heavy (non-hydrogen) atoms. The molecule has 4 aromatic rings. The van der Waals surface area contributed by atoms with E-state index in [9.17, 15) is 13.9 Å². The lowest BCUT2D eigenvalue weighted by molar-refractivity contribution is -0.0501. The molecule has 2 aromatic carbocycles. The lowest BCUT2D eigenvalue weighted by Gasteiger charge is -2.36. The van der Waals surface area contributed by atoms with Crippen LogP contribution in [0.3, 0.4) is 0 Å². The van der Waals surface area contributed by atoms with E-state index < -0.39 is 32.7 Å². The molecule has 1 aliphatic rings. The van der Waals surface area contributed by atoms with E-state index in [0.717, 1.165) is 0 Å². The zero-order chi connectivity index (χ0) is 30.6. The summed E-state index contributed by atoms with van der Waals surface area (Å²) in [5.74, 6) is -4.02. The van der Waals surface area contributed by atoms with Crippen LogP contribution in [-0.2, 0) is 10.2 Å². The van der Waals surface area contributed by atoms with Crippen LogP contribution in [0.15, 0.2) is 54.7 Å². The molecule has 0 aliphatic carbocycles. The Hall–Kier alpha value is -2.99. The number of para-hydroxylation sites is 2. The number of alkyl halides is 3. The van der Waals surface area contributed by atoms with Crippen LogP contribution in [0.4, 0.5) is 13.2 Å². The van der Waals surface area contributed by atoms with Crippen LogP contribution in [0, 0.1) is 0 Å². The van der Waals surface area contributed by atoms with Crippen LogP contribution in [0.5, 0.6) is 5.75 Å². The molecule has 0 radical (unpaired) electrons. The van der Waals surface area contributed by atoms with E-state index in [4.69, 9.17) is 21.0 Å². The number of ether oxygens (including phenoxy) is 1. The van der Waals surface area contributed by atoms with Gasteiger partial charge in [-0.25, -0.2) is 19.3 Å². The van der Waals surface area contributed by atoms with Gasteiger partial charge in [-0.2, -0.15) is 8.78 Å². The molecule has 0 bridgehead atoms. The molecule has 0 fully saturated rings. The molecule has 0 saturated heterocycles. The highest BCUT2D eigenvalue weighted by molar-refractivity contribution is 6.74. The molecule has 1 aliphatic heterocycles. The van der Waals surface area contributed by atoms with Gasteiger partial charge in [0.25, 0.3) is 0 Å². The maximum atomic E-state index is 18.1. The monoisotopic (exact) mass is 618 g/mol. The van der Waals surface area contributed by atoms with Crippen molar-refractivity contribution < 1.29 is 27.4 Å². The number of halogens is 4. The molecular weight excluding hydrogens is 585 g/mol. The van der Waals surface area contributed by atoms with E-state index in [0.29, 0.717) is 23.5 Å². The van der Waals surface area contributed by atoms with E-state index in [1.54, 1.807) is 24.3 Å². The number of aliphatic hydroxyl groups excluding tert-OH is 1. The second-order valence-corrected chi connectivity index (χ2v) is 17.4. The van der Waals surface area contributed by atoms with Gasteiger partial charge in [0.15, 0.2) is 8.32 Å². The zero-order valence-electron chi connectivity index (χ0n) is 24.3. The van der Waals surface area contributed by atoms with Crippen LogP contribution in [0.2, 0.25) is 23.2 Å². The van der Waals surface area contributed by atoms with Gasteiger partial charge in [0.05, 0.1) is 27.7 Å². The number of hydrogen-bond acceptors (Lipinski definition) is 6. The number of aliphatic hydroxyl groups is 1. The Labute approximate surface area is 248 Å². The summed E-state index contributed by atoms with van der Waals surface area (Å²) < 4.78 is 56.7. The smallest absolute Gasteiger partial charge is 0.387 e. The minimum absolute atomic E-state index is 0.0162. The molecule has 5 rings (SSSR count). The van der Waals surface area contributed by atoms with Crippen molar-refractivity contribution in [3.8, 4) is 5.75 Å². The van der Waals surface area contributed by atoms with E-state index in [1.165, 1.54) is 35.0 Å². The normalized spacial score (nSPS) is 21.6. The third kappa shape index (κ3) is 5.10. The van der Waals surface area contributed by atoms with Gasteiger partial charge in [-0.15, -0.1) is 0 Å². The van der Waals surface area contributed by atoms with Crippen molar-refractivity contribution in [2.45, 2.75) is 76.2 Å². The van der Waals surface area contributed by atoms with Crippen LogP contribution < -0.4 is 4.74 Å². The van der Waals surface area contributed by atoms with Crippen molar-refractivity contribution in [2.75, 3.05) is 6.61 Å². The van der Waals surface area contributed by atoms with Gasteiger partial charge in [0.2, 0.25) is 5.79 Å². The van der Waals surface area contributed by atoms with Crippen molar-refractivity contribution in [1.29, 1.82) is 0 Å². The van der Waals surface area contributed by atoms with Crippen LogP contribution in [0.1, 0.15) is 68.5 Å². The third-order valence-electron chi connectivity index (χ3n) is 8.42. The maximum Gasteiger partial charge on any atom is 0.387 e. The average Bonchev–Trinajstić information content (AvgIpc) is 3.42. The molecule has 3 heterocycles. The predicted octanol–water partition coefficient (Wildman–Crippen LogP) is 7.71. The summed E-state index contributed by atoms with van der Waals surface area (Å²) in [6.07, 6.45) is 0.0739. The fourth-order valence-electron chi connectivity index (χ4n) is 5.12. The Morgan fingerprint density at radius 1 is 1.10 bits per heavy atom. The van der Waals surface area contributed by atoms with Crippen molar-refractivity contribution in [3.05, 3.63) is 82.7 Å². The van der Waals surface area contributed by atoms with Crippen molar-refractivity contribution >= 4 is 31.0 Å². The molecule has 2 unspecified atom stereocenters. The number of nitrogens with zero attached hydrogens (tertiary/aromatic N) is 4. The topological polar surface area (TPSA) is 82.3 Å². The first-order chi connectivity index (χ1) is 19.7. The lowest BCUT2D eigenvalue weighted by Crippen LogP contribution is -2.41. The summed E-state index contributed by atoms with van der Waals surface area (Å²) in [5, 5.41) is 11.3. The summed E-state index contributed by atoms with van der Waals surface area (Å²) in [7, 11) is -2.05. The largest absolute Gasteiger partial charge is 0.433 e. The second kappa shape index (κ2) is 10.9. The summed E-state index contributed by atoms with van der Waals surface area (Å²) >= 11 is 6.55. The second-order valence-electron chi connectivity index (χ2n) is 12.2. The number of rotatable bonds is 8. The molecule has 2 aromatic heterocycles. The van der Waals surface area contributed by atoms with Gasteiger partial charge in [-0.3, -0.25) is 4.57 Å². The van der Waals surface area contributed by atoms with Gasteiger partial charge in [0, 0.05) is 24.3 Å². The molecule has 224 valence electrons. The quantitative estimate of drug-likeness (QED) is 0.204. The highest BCUT2D eigenvalue weighted by atomic mass is 35.5. The minimum Gasteiger partial charge on any atom is -0.433 e.